The van der Waals surface area contributed by atoms with Crippen molar-refractivity contribution < 1.29 is 4.74 Å². The van der Waals surface area contributed by atoms with E-state index in [2.05, 4.69) is 58.5 Å². The maximum atomic E-state index is 5.98. The van der Waals surface area contributed by atoms with Crippen molar-refractivity contribution in [3.05, 3.63) is 63.6 Å². The van der Waals surface area contributed by atoms with E-state index >= 15 is 0 Å². The molecule has 1 atom stereocenters. The lowest BCUT2D eigenvalue weighted by atomic mass is 10.00. The lowest BCUT2D eigenvalue weighted by molar-refractivity contribution is 0.184. The molecule has 0 amide bonds. The first kappa shape index (κ1) is 16.0. The summed E-state index contributed by atoms with van der Waals surface area (Å²) in [5.74, 6) is 0. The van der Waals surface area contributed by atoms with Crippen LogP contribution >= 0.6 is 15.9 Å². The molecule has 4 heteroatoms. The lowest BCUT2D eigenvalue weighted by Crippen LogP contribution is -2.22. The molecule has 0 bridgehead atoms. The van der Waals surface area contributed by atoms with E-state index < -0.39 is 0 Å². The number of nitrogens with two attached hydrogens (primary N) is 1. The highest BCUT2D eigenvalue weighted by atomic mass is 79.9. The molecule has 1 unspecified atom stereocenters. The van der Waals surface area contributed by atoms with Gasteiger partial charge in [-0.15, -0.1) is 0 Å². The summed E-state index contributed by atoms with van der Waals surface area (Å²) in [5.41, 5.74) is 10.6. The molecular weight excluding hydrogens is 328 g/mol. The molecule has 21 heavy (non-hydrogen) atoms. The monoisotopic (exact) mass is 348 g/mol. The summed E-state index contributed by atoms with van der Waals surface area (Å²) in [6, 6.07) is 14.6. The summed E-state index contributed by atoms with van der Waals surface area (Å²) in [6.45, 7) is 3.18. The third kappa shape index (κ3) is 4.30. The number of aryl methyl sites for hydroxylation is 1. The fraction of sp³-hybridized carbons (Fsp3) is 0.294. The molecule has 0 fully saturated rings. The Balaban J connectivity index is 2.27. The number of hydrogen-bond acceptors (Lipinski definition) is 3. The van der Waals surface area contributed by atoms with Crippen LogP contribution in [0.15, 0.2) is 46.9 Å². The molecule has 0 aliphatic carbocycles. The lowest BCUT2D eigenvalue weighted by Gasteiger charge is -2.22. The predicted molar refractivity (Wildman–Crippen MR) is 91.5 cm³/mol. The molecule has 0 spiro atoms. The average molecular weight is 349 g/mol. The van der Waals surface area contributed by atoms with Gasteiger partial charge in [-0.05, 0) is 41.8 Å². The highest BCUT2D eigenvalue weighted by Crippen LogP contribution is 2.25. The SMILES string of the molecule is COCc1ccccc1C(CN)Nc1cc(C)cc(Br)c1. The summed E-state index contributed by atoms with van der Waals surface area (Å²) >= 11 is 3.53. The Labute approximate surface area is 134 Å². The minimum Gasteiger partial charge on any atom is -0.380 e. The Morgan fingerprint density at radius 1 is 1.24 bits per heavy atom. The second-order valence-corrected chi connectivity index (χ2v) is 6.00. The zero-order valence-electron chi connectivity index (χ0n) is 12.4. The van der Waals surface area contributed by atoms with Gasteiger partial charge in [0.1, 0.15) is 0 Å². The second kappa shape index (κ2) is 7.59. The van der Waals surface area contributed by atoms with Gasteiger partial charge < -0.3 is 15.8 Å². The van der Waals surface area contributed by atoms with Crippen LogP contribution in [0, 0.1) is 6.92 Å². The minimum absolute atomic E-state index is 0.0602. The van der Waals surface area contributed by atoms with E-state index in [0.29, 0.717) is 13.2 Å². The van der Waals surface area contributed by atoms with Crippen LogP contribution in [0.3, 0.4) is 0 Å². The van der Waals surface area contributed by atoms with Crippen molar-refractivity contribution in [1.82, 2.24) is 0 Å². The molecule has 0 aliphatic heterocycles. The van der Waals surface area contributed by atoms with Gasteiger partial charge in [0.25, 0.3) is 0 Å². The Morgan fingerprint density at radius 2 is 2.00 bits per heavy atom. The molecule has 112 valence electrons. The third-order valence-corrected chi connectivity index (χ3v) is 3.81. The van der Waals surface area contributed by atoms with E-state index in [4.69, 9.17) is 10.5 Å². The van der Waals surface area contributed by atoms with Crippen LogP contribution < -0.4 is 11.1 Å². The van der Waals surface area contributed by atoms with Gasteiger partial charge in [0.2, 0.25) is 0 Å². The first-order valence-corrected chi connectivity index (χ1v) is 7.74. The van der Waals surface area contributed by atoms with Crippen molar-refractivity contribution in [3.8, 4) is 0 Å². The molecule has 2 aromatic rings. The Bertz CT molecular complexity index is 581. The highest BCUT2D eigenvalue weighted by molar-refractivity contribution is 9.10. The summed E-state index contributed by atoms with van der Waals surface area (Å²) < 4.78 is 6.34. The number of benzene rings is 2. The van der Waals surface area contributed by atoms with Crippen LogP contribution in [0.25, 0.3) is 0 Å². The average Bonchev–Trinajstić information content (AvgIpc) is 2.45. The van der Waals surface area contributed by atoms with Gasteiger partial charge in [0, 0.05) is 23.8 Å². The third-order valence-electron chi connectivity index (χ3n) is 3.35. The van der Waals surface area contributed by atoms with Crippen molar-refractivity contribution in [2.45, 2.75) is 19.6 Å². The van der Waals surface area contributed by atoms with E-state index in [9.17, 15) is 0 Å². The number of rotatable bonds is 6. The van der Waals surface area contributed by atoms with E-state index in [0.717, 1.165) is 15.7 Å². The zero-order valence-corrected chi connectivity index (χ0v) is 14.0. The maximum absolute atomic E-state index is 5.98. The van der Waals surface area contributed by atoms with Crippen LogP contribution in [0.5, 0.6) is 0 Å². The van der Waals surface area contributed by atoms with E-state index in [1.54, 1.807) is 7.11 Å². The fourth-order valence-electron chi connectivity index (χ4n) is 2.45. The molecule has 3 nitrogen and oxygen atoms in total. The van der Waals surface area contributed by atoms with E-state index in [1.165, 1.54) is 11.1 Å². The number of anilines is 1. The van der Waals surface area contributed by atoms with Crippen molar-refractivity contribution in [3.63, 3.8) is 0 Å². The number of halogens is 1. The molecule has 0 heterocycles. The molecular formula is C17H21BrN2O. The predicted octanol–water partition coefficient (Wildman–Crippen LogP) is 4.02. The molecule has 2 rings (SSSR count). The van der Waals surface area contributed by atoms with Gasteiger partial charge in [-0.25, -0.2) is 0 Å². The standard InChI is InChI=1S/C17H21BrN2O/c1-12-7-14(18)9-15(8-12)20-17(10-19)16-6-4-3-5-13(16)11-21-2/h3-9,17,20H,10-11,19H2,1-2H3. The maximum Gasteiger partial charge on any atom is 0.0716 e. The van der Waals surface area contributed by atoms with Crippen LogP contribution in [-0.2, 0) is 11.3 Å². The summed E-state index contributed by atoms with van der Waals surface area (Å²) in [5, 5.41) is 3.51. The van der Waals surface area contributed by atoms with Crippen LogP contribution in [-0.4, -0.2) is 13.7 Å². The van der Waals surface area contributed by atoms with E-state index in [1.807, 2.05) is 12.1 Å². The molecule has 0 aromatic heterocycles. The number of ether oxygens (including phenoxy) is 1. The van der Waals surface area contributed by atoms with Crippen molar-refractivity contribution in [1.29, 1.82) is 0 Å². The zero-order chi connectivity index (χ0) is 15.2. The molecule has 2 aromatic carbocycles. The summed E-state index contributed by atoms with van der Waals surface area (Å²) in [4.78, 5) is 0. The first-order valence-electron chi connectivity index (χ1n) is 6.94. The van der Waals surface area contributed by atoms with Crippen LogP contribution in [0.4, 0.5) is 5.69 Å². The minimum atomic E-state index is 0.0602. The molecule has 0 saturated heterocycles. The number of hydrogen-bond donors (Lipinski definition) is 2. The van der Waals surface area contributed by atoms with Crippen molar-refractivity contribution >= 4 is 21.6 Å². The van der Waals surface area contributed by atoms with Gasteiger partial charge in [0.05, 0.1) is 12.6 Å². The van der Waals surface area contributed by atoms with E-state index in [-0.39, 0.29) is 6.04 Å². The summed E-state index contributed by atoms with van der Waals surface area (Å²) in [7, 11) is 1.71. The molecule has 0 aliphatic rings. The number of methoxy groups -OCH3 is 1. The smallest absolute Gasteiger partial charge is 0.0716 e. The Kier molecular flexibility index (Phi) is 5.79. The normalized spacial score (nSPS) is 12.2. The van der Waals surface area contributed by atoms with Crippen LogP contribution in [0.1, 0.15) is 22.7 Å². The van der Waals surface area contributed by atoms with Crippen LogP contribution in [0.2, 0.25) is 0 Å². The first-order chi connectivity index (χ1) is 10.1. The number of nitrogens with one attached hydrogen (secondary N) is 1. The largest absolute Gasteiger partial charge is 0.380 e. The second-order valence-electron chi connectivity index (χ2n) is 5.08. The Hall–Kier alpha value is -1.36. The van der Waals surface area contributed by atoms with Gasteiger partial charge in [0.15, 0.2) is 0 Å². The van der Waals surface area contributed by atoms with Gasteiger partial charge >= 0.3 is 0 Å². The quantitative estimate of drug-likeness (QED) is 0.828. The van der Waals surface area contributed by atoms with Crippen molar-refractivity contribution in [2.75, 3.05) is 19.0 Å². The van der Waals surface area contributed by atoms with Gasteiger partial charge in [-0.2, -0.15) is 0 Å². The molecule has 0 saturated carbocycles. The van der Waals surface area contributed by atoms with Gasteiger partial charge in [-0.1, -0.05) is 40.2 Å². The molecule has 3 N–H and O–H groups in total. The summed E-state index contributed by atoms with van der Waals surface area (Å²) in [6.07, 6.45) is 0. The Morgan fingerprint density at radius 3 is 2.67 bits per heavy atom. The molecule has 0 radical (unpaired) electrons. The topological polar surface area (TPSA) is 47.3 Å². The van der Waals surface area contributed by atoms with Crippen molar-refractivity contribution in [2.24, 2.45) is 5.73 Å². The fourth-order valence-corrected chi connectivity index (χ4v) is 3.05. The van der Waals surface area contributed by atoms with Gasteiger partial charge in [-0.3, -0.25) is 0 Å². The highest BCUT2D eigenvalue weighted by Gasteiger charge is 2.13.